The van der Waals surface area contributed by atoms with Crippen LogP contribution >= 0.6 is 0 Å². The highest BCUT2D eigenvalue weighted by Gasteiger charge is 2.26. The molecule has 28 heavy (non-hydrogen) atoms. The van der Waals surface area contributed by atoms with Crippen LogP contribution in [0, 0.1) is 6.92 Å². The van der Waals surface area contributed by atoms with Crippen LogP contribution in [-0.2, 0) is 6.54 Å². The van der Waals surface area contributed by atoms with Gasteiger partial charge in [0.15, 0.2) is 11.7 Å². The van der Waals surface area contributed by atoms with E-state index in [4.69, 9.17) is 8.94 Å². The van der Waals surface area contributed by atoms with Crippen LogP contribution in [0.3, 0.4) is 0 Å². The maximum absolute atomic E-state index is 5.94. The van der Waals surface area contributed by atoms with E-state index < -0.39 is 0 Å². The van der Waals surface area contributed by atoms with E-state index in [1.807, 2.05) is 19.1 Å². The normalized spacial score (nSPS) is 16.7. The monoisotopic (exact) mass is 387 g/mol. The average Bonchev–Trinajstić information content (AvgIpc) is 3.42. The van der Waals surface area contributed by atoms with Crippen LogP contribution in [0.2, 0.25) is 0 Å². The molecule has 2 aromatic rings. The van der Waals surface area contributed by atoms with Crippen molar-refractivity contribution in [1.82, 2.24) is 20.7 Å². The number of hydrogen-bond donors (Lipinski definition) is 2. The number of furan rings is 1. The fraction of sp³-hybridized carbons (Fsp3) is 0.619. The highest BCUT2D eigenvalue weighted by Crippen LogP contribution is 2.26. The summed E-state index contributed by atoms with van der Waals surface area (Å²) in [6, 6.07) is 6.31. The average molecular weight is 388 g/mol. The first-order valence-electron chi connectivity index (χ1n) is 10.3. The SMILES string of the molecule is CCNC(=NCc1cc(C(C)C)no1)NCC(c1ccc(C)o1)N1CCCC1. The van der Waals surface area contributed by atoms with Crippen LogP contribution in [0.4, 0.5) is 0 Å². The molecule has 1 unspecified atom stereocenters. The van der Waals surface area contributed by atoms with Gasteiger partial charge in [0, 0.05) is 19.2 Å². The summed E-state index contributed by atoms with van der Waals surface area (Å²) in [5.41, 5.74) is 0.963. The van der Waals surface area contributed by atoms with E-state index in [9.17, 15) is 0 Å². The van der Waals surface area contributed by atoms with Gasteiger partial charge in [0.2, 0.25) is 0 Å². The summed E-state index contributed by atoms with van der Waals surface area (Å²) in [4.78, 5) is 7.15. The van der Waals surface area contributed by atoms with Gasteiger partial charge in [-0.3, -0.25) is 4.90 Å². The van der Waals surface area contributed by atoms with Gasteiger partial charge in [-0.05, 0) is 57.8 Å². The Morgan fingerprint density at radius 1 is 1.25 bits per heavy atom. The van der Waals surface area contributed by atoms with Gasteiger partial charge < -0.3 is 19.6 Å². The number of aryl methyl sites for hydroxylation is 1. The number of nitrogens with zero attached hydrogens (tertiary/aromatic N) is 3. The first kappa shape index (κ1) is 20.5. The van der Waals surface area contributed by atoms with Crippen LogP contribution < -0.4 is 10.6 Å². The molecule has 1 aliphatic rings. The summed E-state index contributed by atoms with van der Waals surface area (Å²) < 4.78 is 11.3. The smallest absolute Gasteiger partial charge is 0.191 e. The third-order valence-corrected chi connectivity index (χ3v) is 5.04. The number of rotatable bonds is 8. The molecule has 1 saturated heterocycles. The van der Waals surface area contributed by atoms with Crippen LogP contribution in [0.25, 0.3) is 0 Å². The van der Waals surface area contributed by atoms with E-state index in [1.54, 1.807) is 0 Å². The molecule has 0 spiro atoms. The van der Waals surface area contributed by atoms with Crippen LogP contribution in [0.15, 0.2) is 32.1 Å². The van der Waals surface area contributed by atoms with Gasteiger partial charge in [-0.2, -0.15) is 0 Å². The summed E-state index contributed by atoms with van der Waals surface area (Å²) in [5.74, 6) is 3.87. The molecule has 0 saturated carbocycles. The standard InChI is InChI=1S/C21H33N5O2/c1-5-22-21(23-13-17-12-18(15(2)3)25-28-17)24-14-19(26-10-6-7-11-26)20-9-8-16(4)27-20/h8-9,12,15,19H,5-7,10-11,13-14H2,1-4H3,(H2,22,23,24). The second-order valence-electron chi connectivity index (χ2n) is 7.66. The van der Waals surface area contributed by atoms with Gasteiger partial charge in [-0.1, -0.05) is 19.0 Å². The van der Waals surface area contributed by atoms with E-state index in [1.165, 1.54) is 12.8 Å². The summed E-state index contributed by atoms with van der Waals surface area (Å²) in [6.45, 7) is 12.5. The Morgan fingerprint density at radius 2 is 2.04 bits per heavy atom. The van der Waals surface area contributed by atoms with Crippen molar-refractivity contribution in [3.63, 3.8) is 0 Å². The van der Waals surface area contributed by atoms with Gasteiger partial charge in [-0.25, -0.2) is 4.99 Å². The van der Waals surface area contributed by atoms with Gasteiger partial charge in [0.25, 0.3) is 0 Å². The molecule has 7 heteroatoms. The van der Waals surface area contributed by atoms with E-state index in [-0.39, 0.29) is 6.04 Å². The van der Waals surface area contributed by atoms with Crippen molar-refractivity contribution >= 4 is 5.96 Å². The molecule has 7 nitrogen and oxygen atoms in total. The quantitative estimate of drug-likeness (QED) is 0.532. The van der Waals surface area contributed by atoms with Gasteiger partial charge in [-0.15, -0.1) is 0 Å². The minimum absolute atomic E-state index is 0.206. The van der Waals surface area contributed by atoms with Crippen molar-refractivity contribution in [3.8, 4) is 0 Å². The van der Waals surface area contributed by atoms with Crippen molar-refractivity contribution in [3.05, 3.63) is 41.2 Å². The predicted molar refractivity (Wildman–Crippen MR) is 110 cm³/mol. The lowest BCUT2D eigenvalue weighted by Crippen LogP contribution is -2.42. The molecule has 2 aromatic heterocycles. The van der Waals surface area contributed by atoms with Crippen molar-refractivity contribution in [2.75, 3.05) is 26.2 Å². The van der Waals surface area contributed by atoms with E-state index in [2.05, 4.69) is 52.5 Å². The molecule has 1 atom stereocenters. The predicted octanol–water partition coefficient (Wildman–Crippen LogP) is 3.59. The summed E-state index contributed by atoms with van der Waals surface area (Å²) in [6.07, 6.45) is 2.49. The summed E-state index contributed by atoms with van der Waals surface area (Å²) >= 11 is 0. The molecule has 0 bridgehead atoms. The Morgan fingerprint density at radius 3 is 2.64 bits per heavy atom. The van der Waals surface area contributed by atoms with Gasteiger partial charge in [0.1, 0.15) is 18.1 Å². The molecule has 0 amide bonds. The van der Waals surface area contributed by atoms with E-state index in [0.717, 1.165) is 55.1 Å². The number of likely N-dealkylation sites (tertiary alicyclic amines) is 1. The molecule has 0 aliphatic carbocycles. The lowest BCUT2D eigenvalue weighted by atomic mass is 10.1. The van der Waals surface area contributed by atoms with Crippen molar-refractivity contribution in [2.24, 2.45) is 4.99 Å². The Labute approximate surface area is 167 Å². The number of nitrogens with one attached hydrogen (secondary N) is 2. The largest absolute Gasteiger partial charge is 0.465 e. The van der Waals surface area contributed by atoms with Crippen molar-refractivity contribution < 1.29 is 8.94 Å². The molecule has 2 N–H and O–H groups in total. The zero-order valence-electron chi connectivity index (χ0n) is 17.5. The zero-order valence-corrected chi connectivity index (χ0v) is 17.5. The Kier molecular flexibility index (Phi) is 7.14. The number of guanidine groups is 1. The molecular formula is C21H33N5O2. The summed E-state index contributed by atoms with van der Waals surface area (Å²) in [5, 5.41) is 10.9. The highest BCUT2D eigenvalue weighted by atomic mass is 16.5. The topological polar surface area (TPSA) is 78.8 Å². The first-order valence-corrected chi connectivity index (χ1v) is 10.3. The third kappa shape index (κ3) is 5.38. The van der Waals surface area contributed by atoms with Gasteiger partial charge >= 0.3 is 0 Å². The molecule has 0 aromatic carbocycles. The Hall–Kier alpha value is -2.28. The zero-order chi connectivity index (χ0) is 19.9. The van der Waals surface area contributed by atoms with Crippen molar-refractivity contribution in [1.29, 1.82) is 0 Å². The van der Waals surface area contributed by atoms with Gasteiger partial charge in [0.05, 0.1) is 11.7 Å². The molecule has 3 rings (SSSR count). The lowest BCUT2D eigenvalue weighted by molar-refractivity contribution is 0.213. The fourth-order valence-electron chi connectivity index (χ4n) is 3.46. The number of aromatic nitrogens is 1. The summed E-state index contributed by atoms with van der Waals surface area (Å²) in [7, 11) is 0. The first-order chi connectivity index (χ1) is 13.6. The van der Waals surface area contributed by atoms with Crippen LogP contribution in [0.1, 0.15) is 68.5 Å². The molecular weight excluding hydrogens is 354 g/mol. The minimum Gasteiger partial charge on any atom is -0.465 e. The molecule has 3 heterocycles. The molecule has 1 aliphatic heterocycles. The Bertz CT molecular complexity index is 758. The number of hydrogen-bond acceptors (Lipinski definition) is 5. The second-order valence-corrected chi connectivity index (χ2v) is 7.66. The molecule has 1 fully saturated rings. The van der Waals surface area contributed by atoms with E-state index >= 15 is 0 Å². The molecule has 154 valence electrons. The minimum atomic E-state index is 0.206. The third-order valence-electron chi connectivity index (χ3n) is 5.04. The van der Waals surface area contributed by atoms with Crippen LogP contribution in [-0.4, -0.2) is 42.2 Å². The number of aliphatic imine (C=N–C) groups is 1. The maximum Gasteiger partial charge on any atom is 0.191 e. The van der Waals surface area contributed by atoms with Crippen LogP contribution in [0.5, 0.6) is 0 Å². The Balaban J connectivity index is 1.65. The maximum atomic E-state index is 5.94. The van der Waals surface area contributed by atoms with Crippen molar-refractivity contribution in [2.45, 2.75) is 59.0 Å². The lowest BCUT2D eigenvalue weighted by Gasteiger charge is -2.26. The molecule has 0 radical (unpaired) electrons. The van der Waals surface area contributed by atoms with E-state index in [0.29, 0.717) is 12.5 Å². The second kappa shape index (κ2) is 9.78. The fourth-order valence-corrected chi connectivity index (χ4v) is 3.46. The highest BCUT2D eigenvalue weighted by molar-refractivity contribution is 5.79.